The molecule has 0 unspecified atom stereocenters. The molecule has 0 heteroatoms. The molecule has 0 N–H and O–H groups in total. The lowest BCUT2D eigenvalue weighted by Crippen LogP contribution is -2.31. The van der Waals surface area contributed by atoms with Crippen LogP contribution in [0.25, 0.3) is 0 Å². The first-order valence-electron chi connectivity index (χ1n) is 5.84. The molecular formula is C14H22. The molecule has 2 aliphatic rings. The summed E-state index contributed by atoms with van der Waals surface area (Å²) in [6.07, 6.45) is 9.97. The molecule has 0 spiro atoms. The molecule has 0 atom stereocenters. The summed E-state index contributed by atoms with van der Waals surface area (Å²) in [5.41, 5.74) is 4.24. The molecule has 0 saturated heterocycles. The van der Waals surface area contributed by atoms with E-state index in [-0.39, 0.29) is 0 Å². The van der Waals surface area contributed by atoms with Crippen molar-refractivity contribution in [2.45, 2.75) is 53.4 Å². The Balaban J connectivity index is 2.50. The van der Waals surface area contributed by atoms with Gasteiger partial charge in [0.25, 0.3) is 0 Å². The van der Waals surface area contributed by atoms with E-state index in [2.05, 4.69) is 39.8 Å². The van der Waals surface area contributed by atoms with Crippen LogP contribution in [-0.4, -0.2) is 0 Å². The molecule has 0 heterocycles. The second kappa shape index (κ2) is 2.98. The standard InChI is InChI=1S/C14H22/c1-13(2)9-10-14(3,4)12-8-6-5-7-11(12)13/h5,7H,6,8-10H2,1-4H3. The maximum Gasteiger partial charge on any atom is -0.0104 e. The van der Waals surface area contributed by atoms with Crippen LogP contribution in [0.5, 0.6) is 0 Å². The minimum absolute atomic E-state index is 0.418. The maximum atomic E-state index is 2.41. The smallest absolute Gasteiger partial charge is 0.0104 e. The molecule has 0 aromatic heterocycles. The van der Waals surface area contributed by atoms with Crippen molar-refractivity contribution in [1.29, 1.82) is 0 Å². The van der Waals surface area contributed by atoms with Gasteiger partial charge in [0.15, 0.2) is 0 Å². The van der Waals surface area contributed by atoms with Gasteiger partial charge in [0.05, 0.1) is 0 Å². The normalized spacial score (nSPS) is 28.9. The zero-order chi connectivity index (χ0) is 10.4. The molecule has 0 bridgehead atoms. The summed E-state index contributed by atoms with van der Waals surface area (Å²) < 4.78 is 0. The van der Waals surface area contributed by atoms with Crippen LogP contribution in [0.3, 0.4) is 0 Å². The Morgan fingerprint density at radius 3 is 2.29 bits per heavy atom. The van der Waals surface area contributed by atoms with E-state index in [1.807, 2.05) is 0 Å². The number of rotatable bonds is 0. The molecule has 2 aliphatic carbocycles. The van der Waals surface area contributed by atoms with E-state index in [9.17, 15) is 0 Å². The SMILES string of the molecule is CC1(C)CCC(C)(C)C2=C1C=CCC2. The lowest BCUT2D eigenvalue weighted by Gasteiger charge is -2.44. The zero-order valence-corrected chi connectivity index (χ0v) is 9.98. The monoisotopic (exact) mass is 190 g/mol. The van der Waals surface area contributed by atoms with Crippen LogP contribution >= 0.6 is 0 Å². The van der Waals surface area contributed by atoms with Crippen molar-refractivity contribution >= 4 is 0 Å². The van der Waals surface area contributed by atoms with Crippen molar-refractivity contribution in [3.05, 3.63) is 23.3 Å². The van der Waals surface area contributed by atoms with Gasteiger partial charge in [-0.2, -0.15) is 0 Å². The molecule has 0 aromatic rings. The Labute approximate surface area is 88.1 Å². The molecule has 0 amide bonds. The van der Waals surface area contributed by atoms with Gasteiger partial charge in [-0.05, 0) is 42.1 Å². The summed E-state index contributed by atoms with van der Waals surface area (Å²) in [7, 11) is 0. The molecular weight excluding hydrogens is 168 g/mol. The maximum absolute atomic E-state index is 2.41. The first-order valence-corrected chi connectivity index (χ1v) is 5.84. The molecule has 0 aliphatic heterocycles. The van der Waals surface area contributed by atoms with Crippen LogP contribution in [0.1, 0.15) is 53.4 Å². The zero-order valence-electron chi connectivity index (χ0n) is 9.98. The minimum atomic E-state index is 0.418. The van der Waals surface area contributed by atoms with Gasteiger partial charge in [0.1, 0.15) is 0 Å². The molecule has 0 saturated carbocycles. The van der Waals surface area contributed by atoms with Gasteiger partial charge in [-0.15, -0.1) is 0 Å². The van der Waals surface area contributed by atoms with Crippen molar-refractivity contribution in [3.63, 3.8) is 0 Å². The van der Waals surface area contributed by atoms with Crippen molar-refractivity contribution in [3.8, 4) is 0 Å². The van der Waals surface area contributed by atoms with Crippen molar-refractivity contribution in [2.24, 2.45) is 10.8 Å². The fraction of sp³-hybridized carbons (Fsp3) is 0.714. The summed E-state index contributed by atoms with van der Waals surface area (Å²) in [6, 6.07) is 0. The van der Waals surface area contributed by atoms with Crippen LogP contribution in [0, 0.1) is 10.8 Å². The van der Waals surface area contributed by atoms with E-state index in [1.165, 1.54) is 25.7 Å². The van der Waals surface area contributed by atoms with Crippen molar-refractivity contribution in [2.75, 3.05) is 0 Å². The predicted octanol–water partition coefficient (Wildman–Crippen LogP) is 4.48. The lowest BCUT2D eigenvalue weighted by atomic mass is 9.61. The molecule has 78 valence electrons. The molecule has 0 fully saturated rings. The third kappa shape index (κ3) is 1.45. The first-order chi connectivity index (χ1) is 6.43. The summed E-state index contributed by atoms with van der Waals surface area (Å²) in [5, 5.41) is 0. The Morgan fingerprint density at radius 2 is 1.64 bits per heavy atom. The second-order valence-corrected chi connectivity index (χ2v) is 6.10. The average molecular weight is 190 g/mol. The highest BCUT2D eigenvalue weighted by atomic mass is 14.4. The van der Waals surface area contributed by atoms with Crippen LogP contribution in [0.4, 0.5) is 0 Å². The topological polar surface area (TPSA) is 0 Å². The summed E-state index contributed by atoms with van der Waals surface area (Å²) in [4.78, 5) is 0. The third-order valence-electron chi connectivity index (χ3n) is 4.09. The summed E-state index contributed by atoms with van der Waals surface area (Å²) in [5.74, 6) is 0. The van der Waals surface area contributed by atoms with Gasteiger partial charge < -0.3 is 0 Å². The fourth-order valence-corrected chi connectivity index (χ4v) is 2.91. The average Bonchev–Trinajstić information content (AvgIpc) is 2.14. The lowest BCUT2D eigenvalue weighted by molar-refractivity contribution is 0.258. The van der Waals surface area contributed by atoms with E-state index in [1.54, 1.807) is 11.1 Å². The third-order valence-corrected chi connectivity index (χ3v) is 4.09. The van der Waals surface area contributed by atoms with Gasteiger partial charge in [-0.25, -0.2) is 0 Å². The molecule has 0 aromatic carbocycles. The highest BCUT2D eigenvalue weighted by Gasteiger charge is 2.38. The van der Waals surface area contributed by atoms with Crippen molar-refractivity contribution < 1.29 is 0 Å². The Bertz CT molecular complexity index is 300. The Kier molecular flexibility index (Phi) is 2.13. The van der Waals surface area contributed by atoms with Crippen LogP contribution in [0.2, 0.25) is 0 Å². The Morgan fingerprint density at radius 1 is 1.00 bits per heavy atom. The largest absolute Gasteiger partial charge is 0.0839 e. The van der Waals surface area contributed by atoms with E-state index in [0.717, 1.165) is 0 Å². The van der Waals surface area contributed by atoms with Gasteiger partial charge in [0.2, 0.25) is 0 Å². The number of hydrogen-bond donors (Lipinski definition) is 0. The highest BCUT2D eigenvalue weighted by molar-refractivity contribution is 5.39. The highest BCUT2D eigenvalue weighted by Crippen LogP contribution is 2.51. The fourth-order valence-electron chi connectivity index (χ4n) is 2.91. The van der Waals surface area contributed by atoms with E-state index in [4.69, 9.17) is 0 Å². The molecule has 14 heavy (non-hydrogen) atoms. The van der Waals surface area contributed by atoms with Gasteiger partial charge >= 0.3 is 0 Å². The summed E-state index contributed by atoms with van der Waals surface area (Å²) >= 11 is 0. The van der Waals surface area contributed by atoms with Gasteiger partial charge in [0, 0.05) is 0 Å². The van der Waals surface area contributed by atoms with Crippen molar-refractivity contribution in [1.82, 2.24) is 0 Å². The van der Waals surface area contributed by atoms with Crippen LogP contribution < -0.4 is 0 Å². The Hall–Kier alpha value is -0.520. The van der Waals surface area contributed by atoms with E-state index < -0.39 is 0 Å². The van der Waals surface area contributed by atoms with E-state index in [0.29, 0.717) is 10.8 Å². The quantitative estimate of drug-likeness (QED) is 0.528. The number of allylic oxidation sites excluding steroid dienone is 4. The van der Waals surface area contributed by atoms with Gasteiger partial charge in [-0.1, -0.05) is 45.4 Å². The predicted molar refractivity (Wildman–Crippen MR) is 62.2 cm³/mol. The molecule has 0 radical (unpaired) electrons. The van der Waals surface area contributed by atoms with E-state index >= 15 is 0 Å². The van der Waals surface area contributed by atoms with Gasteiger partial charge in [-0.3, -0.25) is 0 Å². The number of hydrogen-bond acceptors (Lipinski definition) is 0. The molecule has 0 nitrogen and oxygen atoms in total. The van der Waals surface area contributed by atoms with Crippen LogP contribution in [-0.2, 0) is 0 Å². The summed E-state index contributed by atoms with van der Waals surface area (Å²) in [6.45, 7) is 9.62. The van der Waals surface area contributed by atoms with Crippen LogP contribution in [0.15, 0.2) is 23.3 Å². The first kappa shape index (κ1) is 10.0. The minimum Gasteiger partial charge on any atom is -0.0839 e. The molecule has 2 rings (SSSR count). The second-order valence-electron chi connectivity index (χ2n) is 6.10.